The maximum Gasteiger partial charge on any atom is 0.123 e. The van der Waals surface area contributed by atoms with Crippen molar-refractivity contribution in [3.8, 4) is 0 Å². The van der Waals surface area contributed by atoms with E-state index in [1.807, 2.05) is 13.1 Å². The van der Waals surface area contributed by atoms with Gasteiger partial charge >= 0.3 is 0 Å². The molecule has 1 rings (SSSR count). The van der Waals surface area contributed by atoms with Gasteiger partial charge in [-0.1, -0.05) is 26.0 Å². The smallest absolute Gasteiger partial charge is 0.123 e. The lowest BCUT2D eigenvalue weighted by Crippen LogP contribution is -2.34. The summed E-state index contributed by atoms with van der Waals surface area (Å²) >= 11 is 0. The normalized spacial score (nSPS) is 15.1. The van der Waals surface area contributed by atoms with Crippen molar-refractivity contribution in [3.05, 3.63) is 35.6 Å². The van der Waals surface area contributed by atoms with Crippen LogP contribution in [0.3, 0.4) is 0 Å². The van der Waals surface area contributed by atoms with E-state index in [9.17, 15) is 4.39 Å². The molecule has 2 nitrogen and oxygen atoms in total. The molecule has 0 bridgehead atoms. The number of nitrogens with one attached hydrogen (secondary N) is 1. The first-order valence-corrected chi connectivity index (χ1v) is 5.73. The molecule has 0 aromatic heterocycles. The Hall–Kier alpha value is -0.930. The van der Waals surface area contributed by atoms with Gasteiger partial charge in [0, 0.05) is 6.04 Å². The quantitative estimate of drug-likeness (QED) is 0.805. The summed E-state index contributed by atoms with van der Waals surface area (Å²) < 4.78 is 13.2. The largest absolute Gasteiger partial charge is 0.330 e. The highest BCUT2D eigenvalue weighted by Gasteiger charge is 2.23. The van der Waals surface area contributed by atoms with Crippen LogP contribution >= 0.6 is 0 Å². The molecule has 90 valence electrons. The minimum absolute atomic E-state index is 0.112. The van der Waals surface area contributed by atoms with Gasteiger partial charge in [0.2, 0.25) is 0 Å². The second-order valence-corrected chi connectivity index (χ2v) is 4.46. The van der Waals surface area contributed by atoms with Gasteiger partial charge in [-0.25, -0.2) is 4.39 Å². The first kappa shape index (κ1) is 13.1. The Kier molecular flexibility index (Phi) is 4.90. The molecule has 0 saturated carbocycles. The van der Waals surface area contributed by atoms with Crippen LogP contribution in [-0.4, -0.2) is 13.6 Å². The molecule has 0 spiro atoms. The first-order valence-electron chi connectivity index (χ1n) is 5.73. The second kappa shape index (κ2) is 5.97. The van der Waals surface area contributed by atoms with Gasteiger partial charge in [0.15, 0.2) is 0 Å². The summed E-state index contributed by atoms with van der Waals surface area (Å²) in [5, 5.41) is 3.23. The number of hydrogen-bond acceptors (Lipinski definition) is 2. The predicted octanol–water partition coefficient (Wildman–Crippen LogP) is 2.32. The lowest BCUT2D eigenvalue weighted by atomic mass is 9.84. The Morgan fingerprint density at radius 2 is 2.06 bits per heavy atom. The summed E-state index contributed by atoms with van der Waals surface area (Å²) in [5.41, 5.74) is 6.76. The molecular formula is C13H21FN2. The minimum Gasteiger partial charge on any atom is -0.330 e. The molecule has 0 aliphatic heterocycles. The Morgan fingerprint density at radius 3 is 2.50 bits per heavy atom. The van der Waals surface area contributed by atoms with E-state index in [4.69, 9.17) is 5.73 Å². The first-order chi connectivity index (χ1) is 7.60. The summed E-state index contributed by atoms with van der Waals surface area (Å²) in [6, 6.07) is 6.83. The molecule has 0 aliphatic rings. The van der Waals surface area contributed by atoms with E-state index >= 15 is 0 Å². The average molecular weight is 224 g/mol. The fraction of sp³-hybridized carbons (Fsp3) is 0.538. The van der Waals surface area contributed by atoms with Gasteiger partial charge in [0.25, 0.3) is 0 Å². The molecule has 0 heterocycles. The summed E-state index contributed by atoms with van der Waals surface area (Å²) in [5.74, 6) is 0.579. The topological polar surface area (TPSA) is 38.0 Å². The van der Waals surface area contributed by atoms with E-state index in [1.165, 1.54) is 6.07 Å². The Balaban J connectivity index is 2.96. The van der Waals surface area contributed by atoms with Crippen LogP contribution < -0.4 is 11.1 Å². The minimum atomic E-state index is -0.197. The highest BCUT2D eigenvalue weighted by molar-refractivity contribution is 5.21. The monoisotopic (exact) mass is 224 g/mol. The molecule has 16 heavy (non-hydrogen) atoms. The van der Waals surface area contributed by atoms with Crippen molar-refractivity contribution in [2.45, 2.75) is 19.9 Å². The fourth-order valence-electron chi connectivity index (χ4n) is 2.12. The van der Waals surface area contributed by atoms with Crippen molar-refractivity contribution in [1.29, 1.82) is 0 Å². The van der Waals surface area contributed by atoms with Crippen LogP contribution in [0.5, 0.6) is 0 Å². The zero-order valence-electron chi connectivity index (χ0n) is 10.2. The standard InChI is InChI=1S/C13H21FN2/c1-9(2)12(8-15)13(16-3)10-5-4-6-11(14)7-10/h4-7,9,12-13,16H,8,15H2,1-3H3. The van der Waals surface area contributed by atoms with Crippen molar-refractivity contribution in [2.24, 2.45) is 17.6 Å². The number of nitrogens with two attached hydrogens (primary N) is 1. The summed E-state index contributed by atoms with van der Waals surface area (Å²) in [6.07, 6.45) is 0. The molecule has 0 saturated heterocycles. The number of rotatable bonds is 5. The fourth-order valence-corrected chi connectivity index (χ4v) is 2.12. The maximum absolute atomic E-state index is 13.2. The van der Waals surface area contributed by atoms with E-state index in [-0.39, 0.29) is 11.9 Å². The maximum atomic E-state index is 13.2. The van der Waals surface area contributed by atoms with Crippen LogP contribution in [-0.2, 0) is 0 Å². The zero-order chi connectivity index (χ0) is 12.1. The van der Waals surface area contributed by atoms with Crippen molar-refractivity contribution < 1.29 is 4.39 Å². The molecule has 0 fully saturated rings. The molecular weight excluding hydrogens is 203 g/mol. The number of hydrogen-bond donors (Lipinski definition) is 2. The molecule has 1 aromatic carbocycles. The van der Waals surface area contributed by atoms with Gasteiger partial charge in [-0.05, 0) is 43.1 Å². The summed E-state index contributed by atoms with van der Waals surface area (Å²) in [7, 11) is 1.89. The third kappa shape index (κ3) is 3.03. The third-order valence-electron chi connectivity index (χ3n) is 3.08. The molecule has 0 amide bonds. The van der Waals surface area contributed by atoms with Crippen molar-refractivity contribution in [3.63, 3.8) is 0 Å². The van der Waals surface area contributed by atoms with Gasteiger partial charge in [0.1, 0.15) is 5.82 Å². The highest BCUT2D eigenvalue weighted by Crippen LogP contribution is 2.27. The lowest BCUT2D eigenvalue weighted by Gasteiger charge is -2.29. The van der Waals surface area contributed by atoms with E-state index in [0.29, 0.717) is 18.4 Å². The third-order valence-corrected chi connectivity index (χ3v) is 3.08. The molecule has 2 unspecified atom stereocenters. The second-order valence-electron chi connectivity index (χ2n) is 4.46. The molecule has 0 aliphatic carbocycles. The van der Waals surface area contributed by atoms with E-state index in [1.54, 1.807) is 12.1 Å². The van der Waals surface area contributed by atoms with E-state index < -0.39 is 0 Å². The molecule has 0 radical (unpaired) electrons. The van der Waals surface area contributed by atoms with Crippen LogP contribution in [0, 0.1) is 17.7 Å². The molecule has 3 N–H and O–H groups in total. The summed E-state index contributed by atoms with van der Waals surface area (Å²) in [4.78, 5) is 0. The Labute approximate surface area is 97.0 Å². The van der Waals surface area contributed by atoms with Crippen LogP contribution in [0.2, 0.25) is 0 Å². The average Bonchev–Trinajstić information content (AvgIpc) is 2.25. The van der Waals surface area contributed by atoms with Crippen molar-refractivity contribution >= 4 is 0 Å². The zero-order valence-corrected chi connectivity index (χ0v) is 10.2. The van der Waals surface area contributed by atoms with E-state index in [2.05, 4.69) is 19.2 Å². The van der Waals surface area contributed by atoms with Gasteiger partial charge in [-0.15, -0.1) is 0 Å². The van der Waals surface area contributed by atoms with Gasteiger partial charge in [-0.3, -0.25) is 0 Å². The number of benzene rings is 1. The lowest BCUT2D eigenvalue weighted by molar-refractivity contribution is 0.298. The Bertz CT molecular complexity index is 325. The molecule has 2 atom stereocenters. The molecule has 3 heteroatoms. The summed E-state index contributed by atoms with van der Waals surface area (Å²) in [6.45, 7) is 4.88. The van der Waals surface area contributed by atoms with Gasteiger partial charge in [0.05, 0.1) is 0 Å². The van der Waals surface area contributed by atoms with Gasteiger partial charge < -0.3 is 11.1 Å². The van der Waals surface area contributed by atoms with Crippen LogP contribution in [0.25, 0.3) is 0 Å². The number of halogens is 1. The van der Waals surface area contributed by atoms with Crippen molar-refractivity contribution in [2.75, 3.05) is 13.6 Å². The van der Waals surface area contributed by atoms with Crippen molar-refractivity contribution in [1.82, 2.24) is 5.32 Å². The Morgan fingerprint density at radius 1 is 1.38 bits per heavy atom. The highest BCUT2D eigenvalue weighted by atomic mass is 19.1. The molecule has 1 aromatic rings. The van der Waals surface area contributed by atoms with Crippen LogP contribution in [0.15, 0.2) is 24.3 Å². The van der Waals surface area contributed by atoms with Crippen LogP contribution in [0.1, 0.15) is 25.5 Å². The SMILES string of the molecule is CNC(c1cccc(F)c1)C(CN)C(C)C. The predicted molar refractivity (Wildman–Crippen MR) is 65.6 cm³/mol. The van der Waals surface area contributed by atoms with Crippen LogP contribution in [0.4, 0.5) is 4.39 Å². The van der Waals surface area contributed by atoms with E-state index in [0.717, 1.165) is 5.56 Å². The van der Waals surface area contributed by atoms with Gasteiger partial charge in [-0.2, -0.15) is 0 Å².